The van der Waals surface area contributed by atoms with Gasteiger partial charge in [-0.15, -0.1) is 0 Å². The first-order valence-corrected chi connectivity index (χ1v) is 29.0. The number of phosphoric ester groups is 1. The highest BCUT2D eigenvalue weighted by Gasteiger charge is 2.21. The highest BCUT2D eigenvalue weighted by atomic mass is 31.2. The van der Waals surface area contributed by atoms with Gasteiger partial charge in [-0.2, -0.15) is 0 Å². The van der Waals surface area contributed by atoms with Crippen LogP contribution in [0, 0.1) is 0 Å². The third-order valence-corrected chi connectivity index (χ3v) is 13.2. The van der Waals surface area contributed by atoms with E-state index in [2.05, 4.69) is 38.2 Å². The molecule has 384 valence electrons. The van der Waals surface area contributed by atoms with Crippen molar-refractivity contribution in [2.24, 2.45) is 0 Å². The second-order valence-corrected chi connectivity index (χ2v) is 21.4. The molecule has 0 fully saturated rings. The second-order valence-electron chi connectivity index (χ2n) is 19.9. The fourth-order valence-corrected chi connectivity index (χ4v) is 8.64. The smallest absolute Gasteiger partial charge is 0.306 e. The average molecular weight is 940 g/mol. The lowest BCUT2D eigenvalue weighted by molar-refractivity contribution is -0.870. The topological polar surface area (TPSA) is 111 Å². The quantitative estimate of drug-likeness (QED) is 0.0195. The molecule has 65 heavy (non-hydrogen) atoms. The molecular weight excluding hydrogens is 834 g/mol. The Morgan fingerprint density at radius 2 is 0.815 bits per heavy atom. The maximum atomic E-state index is 12.7. The molecule has 9 nitrogen and oxygen atoms in total. The van der Waals surface area contributed by atoms with Crippen molar-refractivity contribution in [3.63, 3.8) is 0 Å². The van der Waals surface area contributed by atoms with Gasteiger partial charge in [0.2, 0.25) is 0 Å². The minimum atomic E-state index is -4.64. The monoisotopic (exact) mass is 940 g/mol. The first-order chi connectivity index (χ1) is 31.5. The maximum Gasteiger partial charge on any atom is 0.306 e. The Labute approximate surface area is 402 Å². The molecule has 0 N–H and O–H groups in total. The molecule has 0 heterocycles. The highest BCUT2D eigenvalue weighted by Crippen LogP contribution is 2.38. The van der Waals surface area contributed by atoms with Crippen molar-refractivity contribution >= 4 is 19.8 Å². The highest BCUT2D eigenvalue weighted by molar-refractivity contribution is 7.45. The van der Waals surface area contributed by atoms with E-state index in [1.54, 1.807) is 0 Å². The van der Waals surface area contributed by atoms with E-state index >= 15 is 0 Å². The number of carbonyl (C=O) groups is 2. The second kappa shape index (κ2) is 47.6. The van der Waals surface area contributed by atoms with Crippen LogP contribution in [0.25, 0.3) is 0 Å². The summed E-state index contributed by atoms with van der Waals surface area (Å²) in [6, 6.07) is 0. The van der Waals surface area contributed by atoms with E-state index in [-0.39, 0.29) is 32.0 Å². The predicted octanol–water partition coefficient (Wildman–Crippen LogP) is 16.0. The molecule has 2 atom stereocenters. The molecular formula is C55H106NO8P. The van der Waals surface area contributed by atoms with Crippen LogP contribution in [0.4, 0.5) is 0 Å². The van der Waals surface area contributed by atoms with E-state index in [0.29, 0.717) is 17.4 Å². The summed E-state index contributed by atoms with van der Waals surface area (Å²) in [4.78, 5) is 37.7. The summed E-state index contributed by atoms with van der Waals surface area (Å²) >= 11 is 0. The summed E-state index contributed by atoms with van der Waals surface area (Å²) in [5.74, 6) is -0.869. The molecule has 10 heteroatoms. The molecule has 0 amide bonds. The zero-order valence-electron chi connectivity index (χ0n) is 43.5. The third kappa shape index (κ3) is 51.7. The largest absolute Gasteiger partial charge is 0.756 e. The molecule has 0 saturated heterocycles. The van der Waals surface area contributed by atoms with Gasteiger partial charge in [-0.3, -0.25) is 14.2 Å². The van der Waals surface area contributed by atoms with Gasteiger partial charge in [-0.05, 0) is 44.9 Å². The zero-order valence-corrected chi connectivity index (χ0v) is 44.3. The van der Waals surface area contributed by atoms with Crippen molar-refractivity contribution in [2.75, 3.05) is 47.5 Å². The van der Waals surface area contributed by atoms with Crippen LogP contribution >= 0.6 is 7.82 Å². The molecule has 0 saturated carbocycles. The summed E-state index contributed by atoms with van der Waals surface area (Å²) in [6.45, 7) is 4.24. The normalized spacial score (nSPS) is 13.5. The number of likely N-dealkylation sites (N-methyl/N-ethyl adjacent to an activating group) is 1. The SMILES string of the molecule is CCCCCCCCCCCCCCCC/C=C/CC/C=C/CCCC(=O)O[C@H](COC(=O)CCCCCCCCCCCCCCCCCCCC)COP(=O)([O-])OCC[N+](C)(C)C. The Hall–Kier alpha value is -1.51. The van der Waals surface area contributed by atoms with Gasteiger partial charge in [-0.25, -0.2) is 0 Å². The van der Waals surface area contributed by atoms with Crippen LogP contribution in [-0.2, 0) is 32.7 Å². The summed E-state index contributed by atoms with van der Waals surface area (Å²) in [5, 5.41) is 0. The van der Waals surface area contributed by atoms with Gasteiger partial charge in [0.1, 0.15) is 19.8 Å². The molecule has 0 rings (SSSR count). The molecule has 0 aromatic carbocycles. The number of carbonyl (C=O) groups excluding carboxylic acids is 2. The van der Waals surface area contributed by atoms with Crippen molar-refractivity contribution in [3.05, 3.63) is 24.3 Å². The van der Waals surface area contributed by atoms with Gasteiger partial charge in [0, 0.05) is 12.8 Å². The van der Waals surface area contributed by atoms with Crippen molar-refractivity contribution in [3.8, 4) is 0 Å². The van der Waals surface area contributed by atoms with Crippen LogP contribution < -0.4 is 4.89 Å². The molecule has 0 spiro atoms. The van der Waals surface area contributed by atoms with E-state index < -0.39 is 26.5 Å². The average Bonchev–Trinajstić information content (AvgIpc) is 3.26. The Bertz CT molecular complexity index is 1150. The fraction of sp³-hybridized carbons (Fsp3) is 0.891. The van der Waals surface area contributed by atoms with E-state index in [4.69, 9.17) is 18.5 Å². The minimum absolute atomic E-state index is 0.0353. The fourth-order valence-electron chi connectivity index (χ4n) is 7.91. The van der Waals surface area contributed by atoms with Crippen LogP contribution in [0.5, 0.6) is 0 Å². The maximum absolute atomic E-state index is 12.7. The van der Waals surface area contributed by atoms with Gasteiger partial charge in [-0.1, -0.05) is 231 Å². The summed E-state index contributed by atoms with van der Waals surface area (Å²) < 4.78 is 34.1. The number of hydrogen-bond donors (Lipinski definition) is 0. The minimum Gasteiger partial charge on any atom is -0.756 e. The van der Waals surface area contributed by atoms with Crippen molar-refractivity contribution in [1.82, 2.24) is 0 Å². The molecule has 0 radical (unpaired) electrons. The summed E-state index contributed by atoms with van der Waals surface area (Å²) in [5.41, 5.74) is 0. The third-order valence-electron chi connectivity index (χ3n) is 12.2. The van der Waals surface area contributed by atoms with E-state index in [1.165, 1.54) is 186 Å². The lowest BCUT2D eigenvalue weighted by Gasteiger charge is -2.28. The number of rotatable bonds is 51. The van der Waals surface area contributed by atoms with Gasteiger partial charge in [0.15, 0.2) is 6.10 Å². The number of quaternary nitrogens is 1. The standard InChI is InChI=1S/C55H106NO8P/c1-6-8-10-12-14-16-18-20-22-24-26-27-28-29-30-32-34-36-38-40-42-44-46-48-55(58)64-53(52-63-65(59,60)62-50-49-56(3,4)5)51-61-54(57)47-45-43-41-39-37-35-33-31-25-23-21-19-17-15-13-11-9-7-2/h32,34,40,42,53H,6-31,33,35-39,41,43-52H2,1-5H3/b34-32+,42-40+/t53-/m1/s1. The number of unbranched alkanes of at least 4 members (excludes halogenated alkanes) is 33. The molecule has 0 aromatic rings. The van der Waals surface area contributed by atoms with E-state index in [1.807, 2.05) is 21.1 Å². The molecule has 1 unspecified atom stereocenters. The number of esters is 2. The molecule has 0 aromatic heterocycles. The van der Waals surface area contributed by atoms with Crippen LogP contribution in [0.15, 0.2) is 24.3 Å². The van der Waals surface area contributed by atoms with Crippen molar-refractivity contribution in [2.45, 2.75) is 270 Å². The number of hydrogen-bond acceptors (Lipinski definition) is 8. The first-order valence-electron chi connectivity index (χ1n) is 27.5. The van der Waals surface area contributed by atoms with Crippen LogP contribution in [0.2, 0.25) is 0 Å². The summed E-state index contributed by atoms with van der Waals surface area (Å²) in [6.07, 6.45) is 55.1. The Kier molecular flexibility index (Phi) is 46.4. The first kappa shape index (κ1) is 63.5. The van der Waals surface area contributed by atoms with Crippen LogP contribution in [-0.4, -0.2) is 70.0 Å². The van der Waals surface area contributed by atoms with Gasteiger partial charge >= 0.3 is 11.9 Å². The van der Waals surface area contributed by atoms with E-state index in [0.717, 1.165) is 44.9 Å². The Balaban J connectivity index is 4.23. The molecule has 0 bridgehead atoms. The lowest BCUT2D eigenvalue weighted by Crippen LogP contribution is -2.37. The Morgan fingerprint density at radius 1 is 0.462 bits per heavy atom. The van der Waals surface area contributed by atoms with Crippen molar-refractivity contribution in [1.29, 1.82) is 0 Å². The number of ether oxygens (including phenoxy) is 2. The van der Waals surface area contributed by atoms with Crippen LogP contribution in [0.1, 0.15) is 264 Å². The molecule has 0 aliphatic rings. The lowest BCUT2D eigenvalue weighted by atomic mass is 10.0. The Morgan fingerprint density at radius 3 is 1.23 bits per heavy atom. The van der Waals surface area contributed by atoms with Gasteiger partial charge in [0.05, 0.1) is 27.7 Å². The van der Waals surface area contributed by atoms with E-state index in [9.17, 15) is 19.0 Å². The predicted molar refractivity (Wildman–Crippen MR) is 273 cm³/mol. The van der Waals surface area contributed by atoms with Gasteiger partial charge < -0.3 is 27.9 Å². The van der Waals surface area contributed by atoms with Crippen LogP contribution in [0.3, 0.4) is 0 Å². The number of allylic oxidation sites excluding steroid dienone is 4. The van der Waals surface area contributed by atoms with Gasteiger partial charge in [0.25, 0.3) is 7.82 Å². The summed E-state index contributed by atoms with van der Waals surface area (Å²) in [7, 11) is 1.16. The number of nitrogens with zero attached hydrogens (tertiary/aromatic N) is 1. The molecule has 0 aliphatic heterocycles. The van der Waals surface area contributed by atoms with Crippen molar-refractivity contribution < 1.29 is 42.1 Å². The molecule has 0 aliphatic carbocycles. The zero-order chi connectivity index (χ0) is 47.8. The number of phosphoric acid groups is 1.